The van der Waals surface area contributed by atoms with Gasteiger partial charge in [0.25, 0.3) is 0 Å². The lowest BCUT2D eigenvalue weighted by Crippen LogP contribution is -2.41. The Labute approximate surface area is 130 Å². The van der Waals surface area contributed by atoms with Gasteiger partial charge in [-0.05, 0) is 44.0 Å². The van der Waals surface area contributed by atoms with Crippen molar-refractivity contribution in [1.29, 1.82) is 0 Å². The molecule has 2 aliphatic rings. The molecular formula is C16H24BrN3. The molecule has 0 spiro atoms. The Morgan fingerprint density at radius 3 is 2.85 bits per heavy atom. The van der Waals surface area contributed by atoms with Crippen LogP contribution in [-0.2, 0) is 0 Å². The third kappa shape index (κ3) is 2.82. The van der Waals surface area contributed by atoms with Crippen LogP contribution < -0.4 is 10.2 Å². The smallest absolute Gasteiger partial charge is 0.0597 e. The first kappa shape index (κ1) is 14.2. The van der Waals surface area contributed by atoms with Crippen molar-refractivity contribution in [2.24, 2.45) is 0 Å². The molecule has 3 nitrogen and oxygen atoms in total. The van der Waals surface area contributed by atoms with Gasteiger partial charge in [0, 0.05) is 37.2 Å². The maximum Gasteiger partial charge on any atom is 0.0597 e. The van der Waals surface area contributed by atoms with Gasteiger partial charge in [-0.3, -0.25) is 4.90 Å². The number of nitrogens with one attached hydrogen (secondary N) is 1. The van der Waals surface area contributed by atoms with Gasteiger partial charge in [-0.2, -0.15) is 0 Å². The predicted octanol–water partition coefficient (Wildman–Crippen LogP) is 3.55. The summed E-state index contributed by atoms with van der Waals surface area (Å²) < 4.78 is 1.14. The van der Waals surface area contributed by atoms with Crippen molar-refractivity contribution >= 4 is 27.3 Å². The van der Waals surface area contributed by atoms with E-state index in [0.717, 1.165) is 10.5 Å². The molecule has 1 N–H and O–H groups in total. The lowest BCUT2D eigenvalue weighted by atomic mass is 9.98. The second-order valence-corrected chi connectivity index (χ2v) is 7.11. The molecule has 1 aromatic carbocycles. The van der Waals surface area contributed by atoms with E-state index in [4.69, 9.17) is 0 Å². The predicted molar refractivity (Wildman–Crippen MR) is 89.7 cm³/mol. The fourth-order valence-corrected chi connectivity index (χ4v) is 3.99. The minimum atomic E-state index is 0.600. The van der Waals surface area contributed by atoms with Crippen molar-refractivity contribution in [2.45, 2.75) is 37.8 Å². The van der Waals surface area contributed by atoms with Crippen LogP contribution in [0.4, 0.5) is 11.4 Å². The van der Waals surface area contributed by atoms with Crippen LogP contribution >= 0.6 is 15.9 Å². The van der Waals surface area contributed by atoms with E-state index in [1.54, 1.807) is 0 Å². The number of fused-ring (bicyclic) bond motifs is 1. The minimum Gasteiger partial charge on any atom is -0.379 e. The Bertz CT molecular complexity index is 475. The van der Waals surface area contributed by atoms with Gasteiger partial charge in [-0.15, -0.1) is 0 Å². The summed E-state index contributed by atoms with van der Waals surface area (Å²) in [6.45, 7) is 2.55. The van der Waals surface area contributed by atoms with E-state index < -0.39 is 0 Å². The molecule has 0 radical (unpaired) electrons. The molecule has 2 atom stereocenters. The van der Waals surface area contributed by atoms with E-state index in [0.29, 0.717) is 6.04 Å². The van der Waals surface area contributed by atoms with Crippen molar-refractivity contribution < 1.29 is 0 Å². The highest BCUT2D eigenvalue weighted by Gasteiger charge is 2.35. The van der Waals surface area contributed by atoms with Crippen molar-refractivity contribution in [1.82, 2.24) is 4.90 Å². The van der Waals surface area contributed by atoms with Gasteiger partial charge in [0.2, 0.25) is 0 Å². The van der Waals surface area contributed by atoms with Crippen LogP contribution in [0.25, 0.3) is 0 Å². The Morgan fingerprint density at radius 1 is 1.20 bits per heavy atom. The fraction of sp³-hybridized carbons (Fsp3) is 0.625. The number of rotatable bonds is 3. The van der Waals surface area contributed by atoms with E-state index >= 15 is 0 Å². The number of hydrogen-bond acceptors (Lipinski definition) is 3. The van der Waals surface area contributed by atoms with Crippen LogP contribution in [-0.4, -0.2) is 44.2 Å². The van der Waals surface area contributed by atoms with Crippen molar-refractivity contribution in [3.8, 4) is 0 Å². The van der Waals surface area contributed by atoms with E-state index in [9.17, 15) is 0 Å². The summed E-state index contributed by atoms with van der Waals surface area (Å²) in [7, 11) is 4.21. The molecule has 3 rings (SSSR count). The highest BCUT2D eigenvalue weighted by molar-refractivity contribution is 9.10. The quantitative estimate of drug-likeness (QED) is 0.909. The van der Waals surface area contributed by atoms with Crippen LogP contribution in [0.3, 0.4) is 0 Å². The Balaban J connectivity index is 1.79. The average molecular weight is 338 g/mol. The lowest BCUT2D eigenvalue weighted by Gasteiger charge is -2.33. The number of halogens is 1. The van der Waals surface area contributed by atoms with Crippen molar-refractivity contribution in [3.63, 3.8) is 0 Å². The third-order valence-electron chi connectivity index (χ3n) is 4.64. The zero-order valence-corrected chi connectivity index (χ0v) is 14.0. The summed E-state index contributed by atoms with van der Waals surface area (Å²) in [6.07, 6.45) is 5.38. The molecule has 2 aliphatic heterocycles. The summed E-state index contributed by atoms with van der Waals surface area (Å²) in [5, 5.41) is 3.82. The standard InChI is InChI=1S/C16H24BrN3/c1-19(2)15-7-6-12(17)11-14(15)18-13-8-10-20-9-4-3-5-16(13)20/h6-7,11,13,16,18H,3-5,8-10H2,1-2H3. The maximum absolute atomic E-state index is 3.82. The zero-order valence-electron chi connectivity index (χ0n) is 12.4. The lowest BCUT2D eigenvalue weighted by molar-refractivity contribution is 0.193. The molecule has 0 aliphatic carbocycles. The van der Waals surface area contributed by atoms with Gasteiger partial charge >= 0.3 is 0 Å². The number of anilines is 2. The Kier molecular flexibility index (Phi) is 4.22. The van der Waals surface area contributed by atoms with Gasteiger partial charge < -0.3 is 10.2 Å². The van der Waals surface area contributed by atoms with E-state index in [1.165, 1.54) is 50.1 Å². The first-order chi connectivity index (χ1) is 9.65. The molecular weight excluding hydrogens is 314 g/mol. The second kappa shape index (κ2) is 5.94. The Morgan fingerprint density at radius 2 is 2.05 bits per heavy atom. The van der Waals surface area contributed by atoms with E-state index in [2.05, 4.69) is 63.3 Å². The summed E-state index contributed by atoms with van der Waals surface area (Å²) in [6, 6.07) is 7.84. The number of nitrogens with zero attached hydrogens (tertiary/aromatic N) is 2. The molecule has 0 saturated carbocycles. The Hall–Kier alpha value is -0.740. The molecule has 4 heteroatoms. The first-order valence-electron chi connectivity index (χ1n) is 7.62. The molecule has 2 saturated heterocycles. The normalized spacial score (nSPS) is 26.4. The fourth-order valence-electron chi connectivity index (χ4n) is 3.63. The molecule has 20 heavy (non-hydrogen) atoms. The molecule has 2 fully saturated rings. The van der Waals surface area contributed by atoms with Gasteiger partial charge in [-0.1, -0.05) is 22.4 Å². The van der Waals surface area contributed by atoms with Gasteiger partial charge in [0.15, 0.2) is 0 Å². The van der Waals surface area contributed by atoms with Crippen LogP contribution in [0, 0.1) is 0 Å². The molecule has 0 amide bonds. The largest absolute Gasteiger partial charge is 0.379 e. The van der Waals surface area contributed by atoms with Crippen LogP contribution in [0.1, 0.15) is 25.7 Å². The summed E-state index contributed by atoms with van der Waals surface area (Å²) in [5.41, 5.74) is 2.52. The van der Waals surface area contributed by atoms with Gasteiger partial charge in [0.1, 0.15) is 0 Å². The SMILES string of the molecule is CN(C)c1ccc(Br)cc1NC1CCN2CCCCC12. The van der Waals surface area contributed by atoms with Gasteiger partial charge in [-0.25, -0.2) is 0 Å². The molecule has 2 heterocycles. The summed E-state index contributed by atoms with van der Waals surface area (Å²) >= 11 is 3.59. The van der Waals surface area contributed by atoms with Gasteiger partial charge in [0.05, 0.1) is 11.4 Å². The van der Waals surface area contributed by atoms with Crippen LogP contribution in [0.2, 0.25) is 0 Å². The first-order valence-corrected chi connectivity index (χ1v) is 8.42. The average Bonchev–Trinajstić information content (AvgIpc) is 2.82. The highest BCUT2D eigenvalue weighted by atomic mass is 79.9. The number of hydrogen-bond donors (Lipinski definition) is 1. The monoisotopic (exact) mass is 337 g/mol. The van der Waals surface area contributed by atoms with E-state index in [1.807, 2.05) is 0 Å². The molecule has 110 valence electrons. The molecule has 0 bridgehead atoms. The molecule has 2 unspecified atom stereocenters. The van der Waals surface area contributed by atoms with Crippen LogP contribution in [0.15, 0.2) is 22.7 Å². The highest BCUT2D eigenvalue weighted by Crippen LogP contribution is 2.33. The number of benzene rings is 1. The maximum atomic E-state index is 3.82. The van der Waals surface area contributed by atoms with Crippen LogP contribution in [0.5, 0.6) is 0 Å². The molecule has 0 aromatic heterocycles. The minimum absolute atomic E-state index is 0.600. The van der Waals surface area contributed by atoms with Crippen molar-refractivity contribution in [3.05, 3.63) is 22.7 Å². The summed E-state index contributed by atoms with van der Waals surface area (Å²) in [5.74, 6) is 0. The zero-order chi connectivity index (χ0) is 14.1. The second-order valence-electron chi connectivity index (χ2n) is 6.19. The third-order valence-corrected chi connectivity index (χ3v) is 5.13. The number of piperidine rings is 1. The van der Waals surface area contributed by atoms with E-state index in [-0.39, 0.29) is 0 Å². The van der Waals surface area contributed by atoms with Crippen molar-refractivity contribution in [2.75, 3.05) is 37.4 Å². The molecule has 1 aromatic rings. The topological polar surface area (TPSA) is 18.5 Å². The summed E-state index contributed by atoms with van der Waals surface area (Å²) in [4.78, 5) is 4.86.